The maximum absolute atomic E-state index is 13.0. The van der Waals surface area contributed by atoms with Crippen LogP contribution in [0.1, 0.15) is 11.3 Å². The van der Waals surface area contributed by atoms with Crippen LogP contribution in [0, 0.1) is 13.8 Å². The summed E-state index contributed by atoms with van der Waals surface area (Å²) in [5.74, 6) is 0.122. The second-order valence-electron chi connectivity index (χ2n) is 6.50. The number of hydrogen-bond donors (Lipinski definition) is 1. The van der Waals surface area contributed by atoms with Crippen molar-refractivity contribution >= 4 is 15.9 Å². The summed E-state index contributed by atoms with van der Waals surface area (Å²) < 4.78 is 33.7. The van der Waals surface area contributed by atoms with Crippen LogP contribution < -0.4 is 4.72 Å². The average Bonchev–Trinajstić information content (AvgIpc) is 3.06. The number of aromatic nitrogens is 3. The van der Waals surface area contributed by atoms with E-state index < -0.39 is 10.0 Å². The first-order valence-electron chi connectivity index (χ1n) is 8.87. The molecule has 4 rings (SSSR count). The van der Waals surface area contributed by atoms with Gasteiger partial charge in [-0.2, -0.15) is 0 Å². The van der Waals surface area contributed by atoms with E-state index in [0.29, 0.717) is 16.8 Å². The van der Waals surface area contributed by atoms with Gasteiger partial charge in [0.1, 0.15) is 6.33 Å². The first-order chi connectivity index (χ1) is 14.0. The Hall–Kier alpha value is -3.52. The van der Waals surface area contributed by atoms with Crippen molar-refractivity contribution in [3.8, 4) is 22.4 Å². The van der Waals surface area contributed by atoms with Crippen LogP contribution in [0.15, 0.2) is 76.5 Å². The van der Waals surface area contributed by atoms with Crippen molar-refractivity contribution in [2.45, 2.75) is 18.7 Å². The molecule has 4 aromatic rings. The van der Waals surface area contributed by atoms with E-state index in [2.05, 4.69) is 19.8 Å². The normalized spacial score (nSPS) is 11.4. The molecule has 0 aliphatic heterocycles. The van der Waals surface area contributed by atoms with Crippen LogP contribution in [0.5, 0.6) is 0 Å². The van der Waals surface area contributed by atoms with Gasteiger partial charge in [0, 0.05) is 22.9 Å². The summed E-state index contributed by atoms with van der Waals surface area (Å²) in [5.41, 5.74) is 4.36. The molecule has 2 aromatic heterocycles. The van der Waals surface area contributed by atoms with Crippen LogP contribution in [0.4, 0.5) is 5.88 Å². The number of nitrogens with one attached hydrogen (secondary N) is 1. The molecule has 7 nitrogen and oxygen atoms in total. The zero-order chi connectivity index (χ0) is 20.4. The lowest BCUT2D eigenvalue weighted by molar-refractivity contribution is 0.430. The fourth-order valence-electron chi connectivity index (χ4n) is 2.91. The lowest BCUT2D eigenvalue weighted by Gasteiger charge is -2.12. The van der Waals surface area contributed by atoms with Gasteiger partial charge in [0.15, 0.2) is 0 Å². The van der Waals surface area contributed by atoms with Crippen LogP contribution >= 0.6 is 0 Å². The van der Waals surface area contributed by atoms with Crippen molar-refractivity contribution in [1.82, 2.24) is 15.1 Å². The molecule has 0 saturated carbocycles. The third-order valence-corrected chi connectivity index (χ3v) is 6.02. The van der Waals surface area contributed by atoms with Crippen molar-refractivity contribution in [3.05, 3.63) is 78.4 Å². The monoisotopic (exact) mass is 406 g/mol. The molecule has 8 heteroatoms. The van der Waals surface area contributed by atoms with Gasteiger partial charge in [0.25, 0.3) is 10.0 Å². The first kappa shape index (κ1) is 18.8. The Morgan fingerprint density at radius 3 is 2.31 bits per heavy atom. The second kappa shape index (κ2) is 7.48. The summed E-state index contributed by atoms with van der Waals surface area (Å²) in [6.45, 7) is 3.51. The Balaban J connectivity index is 1.71. The largest absolute Gasteiger partial charge is 0.337 e. The predicted octanol–water partition coefficient (Wildman–Crippen LogP) is 4.22. The molecule has 0 radical (unpaired) electrons. The number of nitrogens with zero attached hydrogens (tertiary/aromatic N) is 3. The van der Waals surface area contributed by atoms with E-state index in [1.165, 1.54) is 6.33 Å². The molecule has 1 N–H and O–H groups in total. The summed E-state index contributed by atoms with van der Waals surface area (Å²) in [6.07, 6.45) is 3.17. The Morgan fingerprint density at radius 2 is 1.66 bits per heavy atom. The van der Waals surface area contributed by atoms with Crippen LogP contribution in [0.25, 0.3) is 22.4 Å². The summed E-state index contributed by atoms with van der Waals surface area (Å²) in [6, 6.07) is 16.2. The lowest BCUT2D eigenvalue weighted by Crippen LogP contribution is -2.14. The summed E-state index contributed by atoms with van der Waals surface area (Å²) in [7, 11) is -3.87. The Bertz CT molecular complexity index is 1250. The second-order valence-corrected chi connectivity index (χ2v) is 8.15. The van der Waals surface area contributed by atoms with E-state index in [4.69, 9.17) is 4.52 Å². The minimum Gasteiger partial charge on any atom is -0.337 e. The maximum Gasteiger partial charge on any atom is 0.264 e. The molecular formula is C21H18N4O3S. The average molecular weight is 406 g/mol. The Morgan fingerprint density at radius 1 is 0.931 bits per heavy atom. The van der Waals surface area contributed by atoms with E-state index in [9.17, 15) is 8.42 Å². The SMILES string of the molecule is Cc1noc(NS(=O)(=O)c2ccccc2-c2ccc(-c3ccncn3)cc2)c1C. The van der Waals surface area contributed by atoms with Gasteiger partial charge in [-0.3, -0.25) is 0 Å². The number of aryl methyl sites for hydroxylation is 1. The lowest BCUT2D eigenvalue weighted by atomic mass is 10.0. The highest BCUT2D eigenvalue weighted by Crippen LogP contribution is 2.31. The smallest absolute Gasteiger partial charge is 0.264 e. The molecule has 2 heterocycles. The highest BCUT2D eigenvalue weighted by molar-refractivity contribution is 7.92. The maximum atomic E-state index is 13.0. The minimum absolute atomic E-state index is 0.122. The van der Waals surface area contributed by atoms with Gasteiger partial charge in [0.2, 0.25) is 5.88 Å². The molecule has 0 spiro atoms. The van der Waals surface area contributed by atoms with E-state index in [1.807, 2.05) is 30.3 Å². The highest BCUT2D eigenvalue weighted by atomic mass is 32.2. The molecule has 0 saturated heterocycles. The fraction of sp³-hybridized carbons (Fsp3) is 0.0952. The molecule has 0 aliphatic carbocycles. The van der Waals surface area contributed by atoms with Gasteiger partial charge in [-0.1, -0.05) is 47.6 Å². The van der Waals surface area contributed by atoms with E-state index >= 15 is 0 Å². The van der Waals surface area contributed by atoms with Crippen molar-refractivity contribution in [1.29, 1.82) is 0 Å². The van der Waals surface area contributed by atoms with E-state index in [-0.39, 0.29) is 10.8 Å². The quantitative estimate of drug-likeness (QED) is 0.533. The van der Waals surface area contributed by atoms with Gasteiger partial charge in [-0.05, 0) is 31.5 Å². The standard InChI is InChI=1S/C21H18N4O3S/c1-14-15(2)24-28-21(14)25-29(26,27)20-6-4-3-5-18(20)16-7-9-17(10-8-16)19-11-12-22-13-23-19/h3-13,25H,1-2H3. The summed E-state index contributed by atoms with van der Waals surface area (Å²) in [5, 5.41) is 3.80. The molecule has 0 fully saturated rings. The van der Waals surface area contributed by atoms with Gasteiger partial charge in [0.05, 0.1) is 16.3 Å². The summed E-state index contributed by atoms with van der Waals surface area (Å²) >= 11 is 0. The molecule has 0 unspecified atom stereocenters. The third-order valence-electron chi connectivity index (χ3n) is 4.63. The van der Waals surface area contributed by atoms with Gasteiger partial charge in [-0.25, -0.2) is 23.1 Å². The topological polar surface area (TPSA) is 98.0 Å². The van der Waals surface area contributed by atoms with Crippen LogP contribution in [-0.4, -0.2) is 23.5 Å². The first-order valence-corrected chi connectivity index (χ1v) is 10.4. The van der Waals surface area contributed by atoms with E-state index in [1.54, 1.807) is 44.3 Å². The number of hydrogen-bond acceptors (Lipinski definition) is 6. The highest BCUT2D eigenvalue weighted by Gasteiger charge is 2.22. The summed E-state index contributed by atoms with van der Waals surface area (Å²) in [4.78, 5) is 8.31. The van der Waals surface area contributed by atoms with Gasteiger partial charge < -0.3 is 4.52 Å². The van der Waals surface area contributed by atoms with Crippen molar-refractivity contribution in [2.24, 2.45) is 0 Å². The number of sulfonamides is 1. The van der Waals surface area contributed by atoms with Crippen LogP contribution in [-0.2, 0) is 10.0 Å². The van der Waals surface area contributed by atoms with Crippen LogP contribution in [0.2, 0.25) is 0 Å². The van der Waals surface area contributed by atoms with Crippen molar-refractivity contribution < 1.29 is 12.9 Å². The molecule has 0 amide bonds. The zero-order valence-electron chi connectivity index (χ0n) is 15.8. The Kier molecular flexibility index (Phi) is 4.85. The van der Waals surface area contributed by atoms with Crippen molar-refractivity contribution in [3.63, 3.8) is 0 Å². The third kappa shape index (κ3) is 3.74. The fourth-order valence-corrected chi connectivity index (χ4v) is 4.19. The molecule has 2 aromatic carbocycles. The number of rotatable bonds is 5. The number of benzene rings is 2. The predicted molar refractivity (Wildman–Crippen MR) is 110 cm³/mol. The van der Waals surface area contributed by atoms with Gasteiger partial charge >= 0.3 is 0 Å². The van der Waals surface area contributed by atoms with Gasteiger partial charge in [-0.15, -0.1) is 0 Å². The molecule has 29 heavy (non-hydrogen) atoms. The zero-order valence-corrected chi connectivity index (χ0v) is 16.6. The van der Waals surface area contributed by atoms with Crippen LogP contribution in [0.3, 0.4) is 0 Å². The molecule has 0 aliphatic rings. The van der Waals surface area contributed by atoms with E-state index in [0.717, 1.165) is 16.8 Å². The molecule has 0 bridgehead atoms. The Labute approximate surface area is 168 Å². The molecule has 0 atom stereocenters. The minimum atomic E-state index is -3.87. The van der Waals surface area contributed by atoms with Crippen molar-refractivity contribution in [2.75, 3.05) is 4.72 Å². The number of anilines is 1. The molecular weight excluding hydrogens is 388 g/mol. The molecule has 146 valence electrons.